The quantitative estimate of drug-likeness (QED) is 0.790. The van der Waals surface area contributed by atoms with Gasteiger partial charge in [0.15, 0.2) is 0 Å². The zero-order valence-corrected chi connectivity index (χ0v) is 11.3. The molecule has 2 amide bonds. The SMILES string of the molecule is COC1CCC(NC(=O)Nc2sccc2C(=O)O)C1. The van der Waals surface area contributed by atoms with E-state index in [1.165, 1.54) is 17.4 Å². The Morgan fingerprint density at radius 3 is 2.89 bits per heavy atom. The van der Waals surface area contributed by atoms with Crippen LogP contribution in [0.1, 0.15) is 29.6 Å². The third-order valence-electron chi connectivity index (χ3n) is 3.18. The summed E-state index contributed by atoms with van der Waals surface area (Å²) >= 11 is 1.19. The maximum absolute atomic E-state index is 11.8. The van der Waals surface area contributed by atoms with Crippen LogP contribution in [0.3, 0.4) is 0 Å². The molecule has 1 aliphatic rings. The summed E-state index contributed by atoms with van der Waals surface area (Å²) in [6, 6.07) is 1.18. The first-order valence-corrected chi connectivity index (χ1v) is 6.89. The average Bonchev–Trinajstić information content (AvgIpc) is 2.97. The molecule has 2 atom stereocenters. The van der Waals surface area contributed by atoms with Crippen molar-refractivity contribution in [3.8, 4) is 0 Å². The minimum absolute atomic E-state index is 0.0817. The van der Waals surface area contributed by atoms with E-state index < -0.39 is 5.97 Å². The second kappa shape index (κ2) is 6.03. The monoisotopic (exact) mass is 284 g/mol. The van der Waals surface area contributed by atoms with Crippen molar-refractivity contribution in [2.24, 2.45) is 0 Å². The summed E-state index contributed by atoms with van der Waals surface area (Å²) in [5.41, 5.74) is 0.112. The fourth-order valence-electron chi connectivity index (χ4n) is 2.18. The minimum atomic E-state index is -1.04. The summed E-state index contributed by atoms with van der Waals surface area (Å²) in [6.07, 6.45) is 2.80. The fourth-order valence-corrected chi connectivity index (χ4v) is 2.96. The highest BCUT2D eigenvalue weighted by Crippen LogP contribution is 2.24. The number of carboxylic acid groups (broad SMARTS) is 1. The van der Waals surface area contributed by atoms with Crippen molar-refractivity contribution in [3.05, 3.63) is 17.0 Å². The number of hydrogen-bond donors (Lipinski definition) is 3. The molecule has 0 radical (unpaired) electrons. The summed E-state index contributed by atoms with van der Waals surface area (Å²) in [5.74, 6) is -1.04. The van der Waals surface area contributed by atoms with Gasteiger partial charge in [0, 0.05) is 13.2 Å². The molecule has 0 saturated heterocycles. The lowest BCUT2D eigenvalue weighted by molar-refractivity contribution is 0.0698. The van der Waals surface area contributed by atoms with E-state index in [-0.39, 0.29) is 23.7 Å². The van der Waals surface area contributed by atoms with Gasteiger partial charge in [-0.25, -0.2) is 9.59 Å². The first-order chi connectivity index (χ1) is 9.10. The van der Waals surface area contributed by atoms with Crippen LogP contribution in [0, 0.1) is 0 Å². The number of amides is 2. The highest BCUT2D eigenvalue weighted by atomic mass is 32.1. The van der Waals surface area contributed by atoms with Crippen molar-refractivity contribution in [2.45, 2.75) is 31.4 Å². The number of nitrogens with one attached hydrogen (secondary N) is 2. The van der Waals surface area contributed by atoms with Gasteiger partial charge >= 0.3 is 12.0 Å². The molecule has 1 fully saturated rings. The van der Waals surface area contributed by atoms with E-state index in [1.807, 2.05) is 0 Å². The number of rotatable bonds is 4. The van der Waals surface area contributed by atoms with Gasteiger partial charge in [-0.3, -0.25) is 5.32 Å². The summed E-state index contributed by atoms with van der Waals surface area (Å²) in [6.45, 7) is 0. The zero-order valence-electron chi connectivity index (χ0n) is 10.5. The Morgan fingerprint density at radius 2 is 2.26 bits per heavy atom. The van der Waals surface area contributed by atoms with Gasteiger partial charge in [-0.1, -0.05) is 0 Å². The van der Waals surface area contributed by atoms with Gasteiger partial charge in [0.25, 0.3) is 0 Å². The van der Waals surface area contributed by atoms with Gasteiger partial charge in [-0.2, -0.15) is 0 Å². The highest BCUT2D eigenvalue weighted by Gasteiger charge is 2.26. The number of methoxy groups -OCH3 is 1. The van der Waals surface area contributed by atoms with E-state index in [2.05, 4.69) is 10.6 Å². The number of carbonyl (C=O) groups excluding carboxylic acids is 1. The molecule has 2 rings (SSSR count). The Labute approximate surface area is 114 Å². The third-order valence-corrected chi connectivity index (χ3v) is 4.01. The Bertz CT molecular complexity index is 474. The molecule has 0 bridgehead atoms. The summed E-state index contributed by atoms with van der Waals surface area (Å²) in [7, 11) is 1.66. The zero-order chi connectivity index (χ0) is 13.8. The van der Waals surface area contributed by atoms with Crippen LogP contribution in [0.2, 0.25) is 0 Å². The lowest BCUT2D eigenvalue weighted by Gasteiger charge is -2.13. The molecule has 7 heteroatoms. The van der Waals surface area contributed by atoms with Crippen LogP contribution >= 0.6 is 11.3 Å². The van der Waals surface area contributed by atoms with Gasteiger partial charge in [-0.15, -0.1) is 11.3 Å². The van der Waals surface area contributed by atoms with E-state index >= 15 is 0 Å². The predicted octanol–water partition coefficient (Wildman–Crippen LogP) is 2.14. The smallest absolute Gasteiger partial charge is 0.338 e. The molecule has 19 heavy (non-hydrogen) atoms. The number of urea groups is 1. The molecular formula is C12H16N2O4S. The van der Waals surface area contributed by atoms with Crippen LogP contribution < -0.4 is 10.6 Å². The Balaban J connectivity index is 1.88. The van der Waals surface area contributed by atoms with Crippen molar-refractivity contribution < 1.29 is 19.4 Å². The molecule has 104 valence electrons. The molecule has 1 aliphatic carbocycles. The molecule has 1 saturated carbocycles. The third kappa shape index (κ3) is 3.45. The fraction of sp³-hybridized carbons (Fsp3) is 0.500. The maximum atomic E-state index is 11.8. The van der Waals surface area contributed by atoms with Gasteiger partial charge in [-0.05, 0) is 30.7 Å². The van der Waals surface area contributed by atoms with Crippen molar-refractivity contribution in [1.29, 1.82) is 0 Å². The van der Waals surface area contributed by atoms with Crippen molar-refractivity contribution in [1.82, 2.24) is 5.32 Å². The molecule has 0 aromatic carbocycles. The van der Waals surface area contributed by atoms with Crippen LogP contribution in [0.25, 0.3) is 0 Å². The van der Waals surface area contributed by atoms with E-state index in [1.54, 1.807) is 12.5 Å². The first-order valence-electron chi connectivity index (χ1n) is 6.01. The van der Waals surface area contributed by atoms with Gasteiger partial charge < -0.3 is 15.2 Å². The Morgan fingerprint density at radius 1 is 1.47 bits per heavy atom. The van der Waals surface area contributed by atoms with Gasteiger partial charge in [0.05, 0.1) is 11.7 Å². The minimum Gasteiger partial charge on any atom is -0.478 e. The van der Waals surface area contributed by atoms with Crippen LogP contribution in [0.15, 0.2) is 11.4 Å². The van der Waals surface area contributed by atoms with Crippen LogP contribution in [0.5, 0.6) is 0 Å². The maximum Gasteiger partial charge on any atom is 0.338 e. The number of hydrogen-bond acceptors (Lipinski definition) is 4. The highest BCUT2D eigenvalue weighted by molar-refractivity contribution is 7.14. The normalized spacial score (nSPS) is 22.2. The number of thiophene rings is 1. The average molecular weight is 284 g/mol. The molecule has 0 aliphatic heterocycles. The van der Waals surface area contributed by atoms with Crippen LogP contribution in [0.4, 0.5) is 9.80 Å². The number of carboxylic acids is 1. The largest absolute Gasteiger partial charge is 0.478 e. The first kappa shape index (κ1) is 13.8. The van der Waals surface area contributed by atoms with E-state index in [9.17, 15) is 9.59 Å². The lowest BCUT2D eigenvalue weighted by atomic mass is 10.2. The number of carbonyl (C=O) groups is 2. The molecule has 3 N–H and O–H groups in total. The number of aromatic carboxylic acids is 1. The summed E-state index contributed by atoms with van der Waals surface area (Å²) in [4.78, 5) is 22.7. The molecular weight excluding hydrogens is 268 g/mol. The second-order valence-electron chi connectivity index (χ2n) is 4.43. The van der Waals surface area contributed by atoms with Crippen LogP contribution in [-0.2, 0) is 4.74 Å². The Kier molecular flexibility index (Phi) is 4.39. The van der Waals surface area contributed by atoms with Crippen molar-refractivity contribution in [3.63, 3.8) is 0 Å². The van der Waals surface area contributed by atoms with Gasteiger partial charge in [0.2, 0.25) is 0 Å². The number of anilines is 1. The molecule has 1 aromatic rings. The standard InChI is InChI=1S/C12H16N2O4S/c1-18-8-3-2-7(6-8)13-12(17)14-10-9(11(15)16)4-5-19-10/h4-5,7-8H,2-3,6H2,1H3,(H,15,16)(H2,13,14,17). The molecule has 2 unspecified atom stereocenters. The van der Waals surface area contributed by atoms with Crippen molar-refractivity contribution >= 4 is 28.3 Å². The predicted molar refractivity (Wildman–Crippen MR) is 71.9 cm³/mol. The van der Waals surface area contributed by atoms with E-state index in [4.69, 9.17) is 9.84 Å². The van der Waals surface area contributed by atoms with Crippen molar-refractivity contribution in [2.75, 3.05) is 12.4 Å². The van der Waals surface area contributed by atoms with E-state index in [0.717, 1.165) is 19.3 Å². The van der Waals surface area contributed by atoms with E-state index in [0.29, 0.717) is 5.00 Å². The topological polar surface area (TPSA) is 87.7 Å². The lowest BCUT2D eigenvalue weighted by Crippen LogP contribution is -2.36. The van der Waals surface area contributed by atoms with Gasteiger partial charge in [0.1, 0.15) is 5.00 Å². The van der Waals surface area contributed by atoms with Crippen LogP contribution in [-0.4, -0.2) is 36.4 Å². The molecule has 1 aromatic heterocycles. The molecule has 6 nitrogen and oxygen atoms in total. The summed E-state index contributed by atoms with van der Waals surface area (Å²) < 4.78 is 5.23. The molecule has 1 heterocycles. The second-order valence-corrected chi connectivity index (χ2v) is 5.35. The molecule has 0 spiro atoms. The number of ether oxygens (including phenoxy) is 1. The Hall–Kier alpha value is -1.60. The summed E-state index contributed by atoms with van der Waals surface area (Å²) in [5, 5.41) is 16.3.